The van der Waals surface area contributed by atoms with Crippen molar-refractivity contribution in [2.75, 3.05) is 13.2 Å². The molecular weight excluding hydrogens is 347 g/mol. The lowest BCUT2D eigenvalue weighted by molar-refractivity contribution is 0.0948. The number of carbonyl (C=O) groups excluding carboxylic acids is 1. The Labute approximate surface area is 144 Å². The molecule has 0 fully saturated rings. The molecule has 1 aromatic heterocycles. The van der Waals surface area contributed by atoms with Gasteiger partial charge < -0.3 is 9.05 Å². The normalized spacial score (nSPS) is 11.4. The molecule has 134 valence electrons. The SMILES string of the molecule is CCOP(=O)(Cn1ccc(=O)n(C(=O)c2ccccc2)c1=O)OCC. The quantitative estimate of drug-likeness (QED) is 0.695. The topological polar surface area (TPSA) is 96.6 Å². The molecule has 0 saturated carbocycles. The fraction of sp³-hybridized carbons (Fsp3) is 0.312. The predicted molar refractivity (Wildman–Crippen MR) is 92.0 cm³/mol. The monoisotopic (exact) mass is 366 g/mol. The average molecular weight is 366 g/mol. The highest BCUT2D eigenvalue weighted by molar-refractivity contribution is 7.52. The fourth-order valence-corrected chi connectivity index (χ4v) is 3.83. The van der Waals surface area contributed by atoms with Gasteiger partial charge in [0.05, 0.1) is 13.2 Å². The molecule has 9 heteroatoms. The molecule has 0 aliphatic carbocycles. The minimum atomic E-state index is -3.57. The molecule has 1 aromatic carbocycles. The molecule has 0 radical (unpaired) electrons. The zero-order valence-electron chi connectivity index (χ0n) is 14.0. The van der Waals surface area contributed by atoms with Gasteiger partial charge in [-0.2, -0.15) is 4.57 Å². The maximum Gasteiger partial charge on any atom is 0.350 e. The van der Waals surface area contributed by atoms with Gasteiger partial charge in [-0.3, -0.25) is 18.7 Å². The third-order valence-corrected chi connectivity index (χ3v) is 5.21. The Kier molecular flexibility index (Phi) is 6.25. The van der Waals surface area contributed by atoms with Gasteiger partial charge in [-0.25, -0.2) is 4.79 Å². The molecule has 8 nitrogen and oxygen atoms in total. The Bertz CT molecular complexity index is 893. The maximum atomic E-state index is 12.6. The van der Waals surface area contributed by atoms with Gasteiger partial charge in [0.1, 0.15) is 6.29 Å². The molecule has 0 unspecified atom stereocenters. The highest BCUT2D eigenvalue weighted by Crippen LogP contribution is 2.49. The van der Waals surface area contributed by atoms with Crippen LogP contribution in [-0.2, 0) is 19.9 Å². The van der Waals surface area contributed by atoms with Crippen molar-refractivity contribution in [3.8, 4) is 0 Å². The summed E-state index contributed by atoms with van der Waals surface area (Å²) in [5.74, 6) is -0.757. The summed E-state index contributed by atoms with van der Waals surface area (Å²) in [5, 5.41) is 0. The smallest absolute Gasteiger partial charge is 0.308 e. The first kappa shape index (κ1) is 19.1. The van der Waals surface area contributed by atoms with Gasteiger partial charge in [-0.1, -0.05) is 18.2 Å². The first-order valence-electron chi connectivity index (χ1n) is 7.72. The third-order valence-electron chi connectivity index (χ3n) is 3.26. The Balaban J connectivity index is 2.47. The van der Waals surface area contributed by atoms with E-state index in [1.807, 2.05) is 0 Å². The van der Waals surface area contributed by atoms with Crippen LogP contribution in [0.1, 0.15) is 24.2 Å². The van der Waals surface area contributed by atoms with E-state index in [2.05, 4.69) is 0 Å². The highest BCUT2D eigenvalue weighted by atomic mass is 31.2. The van der Waals surface area contributed by atoms with E-state index in [1.54, 1.807) is 32.0 Å². The van der Waals surface area contributed by atoms with Crippen LogP contribution < -0.4 is 11.2 Å². The average Bonchev–Trinajstić information content (AvgIpc) is 2.59. The lowest BCUT2D eigenvalue weighted by Crippen LogP contribution is -2.43. The standard InChI is InChI=1S/C16H19N2O6P/c1-3-23-25(22,24-4-2)12-17-11-10-14(19)18(16(17)21)15(20)13-8-6-5-7-9-13/h5-11H,3-4,12H2,1-2H3. The second-order valence-corrected chi connectivity index (χ2v) is 7.02. The van der Waals surface area contributed by atoms with E-state index in [0.29, 0.717) is 4.57 Å². The van der Waals surface area contributed by atoms with Gasteiger partial charge in [0.15, 0.2) is 0 Å². The minimum Gasteiger partial charge on any atom is -0.308 e. The maximum absolute atomic E-state index is 12.6. The van der Waals surface area contributed by atoms with Crippen molar-refractivity contribution in [3.05, 3.63) is 69.0 Å². The van der Waals surface area contributed by atoms with Crippen LogP contribution in [0.4, 0.5) is 0 Å². The summed E-state index contributed by atoms with van der Waals surface area (Å²) in [6, 6.07) is 9.01. The van der Waals surface area contributed by atoms with Crippen LogP contribution in [0.2, 0.25) is 0 Å². The molecule has 0 aliphatic rings. The van der Waals surface area contributed by atoms with Crippen LogP contribution >= 0.6 is 7.60 Å². The van der Waals surface area contributed by atoms with E-state index < -0.39 is 31.0 Å². The Morgan fingerprint density at radius 2 is 1.64 bits per heavy atom. The van der Waals surface area contributed by atoms with Crippen molar-refractivity contribution >= 4 is 13.5 Å². The van der Waals surface area contributed by atoms with Gasteiger partial charge in [0.2, 0.25) is 0 Å². The summed E-state index contributed by atoms with van der Waals surface area (Å²) in [6.45, 7) is 3.56. The van der Waals surface area contributed by atoms with Crippen molar-refractivity contribution < 1.29 is 18.4 Å². The number of hydrogen-bond acceptors (Lipinski definition) is 6. The van der Waals surface area contributed by atoms with Crippen molar-refractivity contribution in [2.45, 2.75) is 20.1 Å². The van der Waals surface area contributed by atoms with E-state index in [9.17, 15) is 18.9 Å². The molecular formula is C16H19N2O6P. The van der Waals surface area contributed by atoms with Crippen molar-refractivity contribution in [2.24, 2.45) is 0 Å². The lowest BCUT2D eigenvalue weighted by Gasteiger charge is -2.18. The molecule has 0 amide bonds. The Morgan fingerprint density at radius 3 is 2.20 bits per heavy atom. The molecule has 2 aromatic rings. The van der Waals surface area contributed by atoms with E-state index in [0.717, 1.165) is 10.6 Å². The van der Waals surface area contributed by atoms with Gasteiger partial charge in [-0.05, 0) is 26.0 Å². The lowest BCUT2D eigenvalue weighted by atomic mass is 10.2. The van der Waals surface area contributed by atoms with E-state index in [4.69, 9.17) is 9.05 Å². The van der Waals surface area contributed by atoms with Crippen LogP contribution in [-0.4, -0.2) is 28.3 Å². The van der Waals surface area contributed by atoms with E-state index in [-0.39, 0.29) is 18.8 Å². The van der Waals surface area contributed by atoms with Crippen molar-refractivity contribution in [1.82, 2.24) is 9.13 Å². The molecule has 0 atom stereocenters. The van der Waals surface area contributed by atoms with Gasteiger partial charge in [-0.15, -0.1) is 0 Å². The summed E-state index contributed by atoms with van der Waals surface area (Å²) in [4.78, 5) is 37.1. The van der Waals surface area contributed by atoms with Crippen molar-refractivity contribution in [1.29, 1.82) is 0 Å². The molecule has 0 aliphatic heterocycles. The molecule has 0 spiro atoms. The molecule has 0 saturated heterocycles. The molecule has 25 heavy (non-hydrogen) atoms. The number of benzene rings is 1. The van der Waals surface area contributed by atoms with Crippen LogP contribution in [0.15, 0.2) is 52.2 Å². The first-order chi connectivity index (χ1) is 11.9. The summed E-state index contributed by atoms with van der Waals surface area (Å²) >= 11 is 0. The molecule has 2 rings (SSSR count). The largest absolute Gasteiger partial charge is 0.350 e. The predicted octanol–water partition coefficient (Wildman–Crippen LogP) is 1.92. The summed E-state index contributed by atoms with van der Waals surface area (Å²) in [6.07, 6.45) is 0.778. The fourth-order valence-electron chi connectivity index (χ4n) is 2.22. The summed E-state index contributed by atoms with van der Waals surface area (Å²) in [5.41, 5.74) is -1.48. The summed E-state index contributed by atoms with van der Waals surface area (Å²) < 4.78 is 24.4. The highest BCUT2D eigenvalue weighted by Gasteiger charge is 2.26. The second-order valence-electron chi connectivity index (χ2n) is 5.00. The van der Waals surface area contributed by atoms with E-state index in [1.165, 1.54) is 18.3 Å². The molecule has 1 heterocycles. The Hall–Kier alpha value is -2.28. The van der Waals surface area contributed by atoms with Crippen LogP contribution in [0.5, 0.6) is 0 Å². The van der Waals surface area contributed by atoms with Crippen LogP contribution in [0, 0.1) is 0 Å². The number of nitrogens with zero attached hydrogens (tertiary/aromatic N) is 2. The van der Waals surface area contributed by atoms with Crippen molar-refractivity contribution in [3.63, 3.8) is 0 Å². The number of aromatic nitrogens is 2. The number of carbonyl (C=O) groups is 1. The van der Waals surface area contributed by atoms with Crippen LogP contribution in [0.25, 0.3) is 0 Å². The third kappa shape index (κ3) is 4.42. The molecule has 0 bridgehead atoms. The zero-order chi connectivity index (χ0) is 18.4. The summed E-state index contributed by atoms with van der Waals surface area (Å²) in [7, 11) is -3.57. The van der Waals surface area contributed by atoms with Gasteiger partial charge >= 0.3 is 13.3 Å². The number of hydrogen-bond donors (Lipinski definition) is 0. The van der Waals surface area contributed by atoms with Gasteiger partial charge in [0, 0.05) is 17.8 Å². The van der Waals surface area contributed by atoms with Gasteiger partial charge in [0.25, 0.3) is 11.5 Å². The zero-order valence-corrected chi connectivity index (χ0v) is 14.8. The number of rotatable bonds is 7. The first-order valence-corrected chi connectivity index (χ1v) is 9.45. The second kappa shape index (κ2) is 8.20. The van der Waals surface area contributed by atoms with E-state index >= 15 is 0 Å². The van der Waals surface area contributed by atoms with Crippen LogP contribution in [0.3, 0.4) is 0 Å². The Morgan fingerprint density at radius 1 is 1.04 bits per heavy atom. The minimum absolute atomic E-state index is 0.134. The molecule has 0 N–H and O–H groups in total.